The van der Waals surface area contributed by atoms with E-state index in [0.717, 1.165) is 37.8 Å². The SMILES string of the molecule is CCCCCCCCCCCCCCCCS(=O)(=O)N(C(N)=O)N(C(N)=O)S(=O)(=O)c1ccccc1. The maximum absolute atomic E-state index is 12.9. The zero-order valence-corrected chi connectivity index (χ0v) is 22.9. The molecule has 1 rings (SSSR count). The molecule has 0 aliphatic carbocycles. The first-order valence-corrected chi connectivity index (χ1v) is 15.8. The Morgan fingerprint density at radius 3 is 1.42 bits per heavy atom. The average Bonchev–Trinajstić information content (AvgIpc) is 2.82. The minimum Gasteiger partial charge on any atom is -0.349 e. The van der Waals surface area contributed by atoms with Crippen molar-refractivity contribution in [2.75, 3.05) is 5.75 Å². The number of carbonyl (C=O) groups excluding carboxylic acids is 2. The molecule has 1 aromatic carbocycles. The molecule has 36 heavy (non-hydrogen) atoms. The van der Waals surface area contributed by atoms with Gasteiger partial charge >= 0.3 is 12.1 Å². The van der Waals surface area contributed by atoms with Gasteiger partial charge in [-0.2, -0.15) is 8.42 Å². The molecular formula is C24H42N4O6S2. The van der Waals surface area contributed by atoms with Crippen molar-refractivity contribution in [3.63, 3.8) is 0 Å². The number of hydrogen-bond acceptors (Lipinski definition) is 6. The van der Waals surface area contributed by atoms with Crippen LogP contribution >= 0.6 is 0 Å². The van der Waals surface area contributed by atoms with Crippen molar-refractivity contribution in [2.24, 2.45) is 11.5 Å². The van der Waals surface area contributed by atoms with Gasteiger partial charge in [0.05, 0.1) is 10.6 Å². The Morgan fingerprint density at radius 2 is 1.03 bits per heavy atom. The standard InChI is InChI=1S/C24H42N4O6S2/c1-2-3-4-5-6-7-8-9-10-11-12-13-14-18-21-35(31,32)27(23(25)29)28(24(26)30)36(33,34)22-19-16-15-17-20-22/h15-17,19-20H,2-14,18,21H2,1H3,(H2,25,29)(H2,26,30). The Labute approximate surface area is 216 Å². The zero-order valence-electron chi connectivity index (χ0n) is 21.3. The summed E-state index contributed by atoms with van der Waals surface area (Å²) < 4.78 is 50.9. The van der Waals surface area contributed by atoms with Crippen molar-refractivity contribution in [1.29, 1.82) is 0 Å². The van der Waals surface area contributed by atoms with Gasteiger partial charge in [-0.3, -0.25) is 0 Å². The molecule has 10 nitrogen and oxygen atoms in total. The molecular weight excluding hydrogens is 504 g/mol. The molecule has 12 heteroatoms. The minimum absolute atomic E-state index is 0.182. The van der Waals surface area contributed by atoms with Gasteiger partial charge in [0.15, 0.2) is 0 Å². The van der Waals surface area contributed by atoms with Crippen molar-refractivity contribution < 1.29 is 26.4 Å². The lowest BCUT2D eigenvalue weighted by Gasteiger charge is -2.30. The van der Waals surface area contributed by atoms with Gasteiger partial charge in [0.25, 0.3) is 20.0 Å². The van der Waals surface area contributed by atoms with Crippen LogP contribution in [0.4, 0.5) is 9.59 Å². The average molecular weight is 547 g/mol. The first-order chi connectivity index (χ1) is 17.1. The lowest BCUT2D eigenvalue weighted by molar-refractivity contribution is 0.167. The second-order valence-corrected chi connectivity index (χ2v) is 12.6. The van der Waals surface area contributed by atoms with Crippen LogP contribution in [-0.2, 0) is 20.0 Å². The van der Waals surface area contributed by atoms with E-state index in [0.29, 0.717) is 6.42 Å². The lowest BCUT2D eigenvalue weighted by Crippen LogP contribution is -2.58. The number of amides is 4. The highest BCUT2D eigenvalue weighted by Gasteiger charge is 2.42. The molecule has 0 radical (unpaired) electrons. The third-order valence-corrected chi connectivity index (χ3v) is 9.27. The van der Waals surface area contributed by atoms with Crippen LogP contribution in [0.15, 0.2) is 35.2 Å². The summed E-state index contributed by atoms with van der Waals surface area (Å²) in [6.07, 6.45) is 15.0. The van der Waals surface area contributed by atoms with Gasteiger partial charge < -0.3 is 11.5 Å². The highest BCUT2D eigenvalue weighted by Crippen LogP contribution is 2.21. The lowest BCUT2D eigenvalue weighted by atomic mass is 10.0. The van der Waals surface area contributed by atoms with E-state index < -0.39 is 42.8 Å². The summed E-state index contributed by atoms with van der Waals surface area (Å²) in [5.74, 6) is -0.554. The van der Waals surface area contributed by atoms with Crippen molar-refractivity contribution in [1.82, 2.24) is 8.83 Å². The van der Waals surface area contributed by atoms with E-state index in [-0.39, 0.29) is 15.2 Å². The van der Waals surface area contributed by atoms with Crippen molar-refractivity contribution >= 4 is 32.1 Å². The third kappa shape index (κ3) is 10.7. The molecule has 0 bridgehead atoms. The highest BCUT2D eigenvalue weighted by molar-refractivity contribution is 7.92. The van der Waals surface area contributed by atoms with Crippen molar-refractivity contribution in [3.8, 4) is 0 Å². The molecule has 0 spiro atoms. The number of nitrogens with zero attached hydrogens (tertiary/aromatic N) is 2. The van der Waals surface area contributed by atoms with Crippen LogP contribution < -0.4 is 11.5 Å². The normalized spacial score (nSPS) is 11.8. The number of sulfonamides is 2. The number of rotatable bonds is 18. The van der Waals surface area contributed by atoms with Crippen LogP contribution in [0.25, 0.3) is 0 Å². The number of primary amides is 2. The quantitative estimate of drug-likeness (QED) is 0.197. The molecule has 0 saturated carbocycles. The van der Waals surface area contributed by atoms with Gasteiger partial charge in [-0.05, 0) is 18.6 Å². The summed E-state index contributed by atoms with van der Waals surface area (Å²) >= 11 is 0. The molecule has 0 saturated heterocycles. The van der Waals surface area contributed by atoms with Crippen LogP contribution in [0.2, 0.25) is 0 Å². The van der Waals surface area contributed by atoms with Gasteiger partial charge in [0, 0.05) is 0 Å². The largest absolute Gasteiger partial charge is 0.349 e. The van der Waals surface area contributed by atoms with E-state index >= 15 is 0 Å². The number of urea groups is 2. The maximum atomic E-state index is 12.9. The fraction of sp³-hybridized carbons (Fsp3) is 0.667. The molecule has 0 heterocycles. The number of unbranched alkanes of at least 4 members (excludes halogenated alkanes) is 13. The Bertz CT molecular complexity index is 1000. The first kappa shape index (κ1) is 31.7. The van der Waals surface area contributed by atoms with E-state index in [4.69, 9.17) is 11.5 Å². The van der Waals surface area contributed by atoms with E-state index in [1.165, 1.54) is 69.6 Å². The predicted molar refractivity (Wildman–Crippen MR) is 141 cm³/mol. The van der Waals surface area contributed by atoms with Crippen LogP contribution in [0.5, 0.6) is 0 Å². The summed E-state index contributed by atoms with van der Waals surface area (Å²) in [6.45, 7) is 2.21. The van der Waals surface area contributed by atoms with Crippen molar-refractivity contribution in [2.45, 2.75) is 102 Å². The Kier molecular flexibility index (Phi) is 14.4. The van der Waals surface area contributed by atoms with Gasteiger partial charge in [0.2, 0.25) is 0 Å². The third-order valence-electron chi connectivity index (χ3n) is 5.83. The fourth-order valence-electron chi connectivity index (χ4n) is 3.90. The van der Waals surface area contributed by atoms with E-state index in [9.17, 15) is 26.4 Å². The topological polar surface area (TPSA) is 161 Å². The van der Waals surface area contributed by atoms with Gasteiger partial charge in [-0.1, -0.05) is 109 Å². The molecule has 0 atom stereocenters. The van der Waals surface area contributed by atoms with Gasteiger partial charge in [-0.15, -0.1) is 8.83 Å². The van der Waals surface area contributed by atoms with Crippen LogP contribution in [-0.4, -0.2) is 43.5 Å². The number of nitrogens with two attached hydrogens (primary N) is 2. The molecule has 0 aliphatic heterocycles. The molecule has 0 unspecified atom stereocenters. The molecule has 0 fully saturated rings. The van der Waals surface area contributed by atoms with Crippen LogP contribution in [0.3, 0.4) is 0 Å². The summed E-state index contributed by atoms with van der Waals surface area (Å²) in [4.78, 5) is 23.5. The zero-order chi connectivity index (χ0) is 27.0. The van der Waals surface area contributed by atoms with Crippen LogP contribution in [0, 0.1) is 0 Å². The molecule has 0 aromatic heterocycles. The number of carbonyl (C=O) groups is 2. The minimum atomic E-state index is -4.78. The summed E-state index contributed by atoms with van der Waals surface area (Å²) in [5.41, 5.74) is 10.4. The molecule has 4 N–H and O–H groups in total. The monoisotopic (exact) mass is 546 g/mol. The maximum Gasteiger partial charge on any atom is 0.349 e. The number of hydrogen-bond donors (Lipinski definition) is 2. The number of benzene rings is 1. The summed E-state index contributed by atoms with van der Waals surface area (Å²) in [6, 6.07) is 3.27. The molecule has 0 aliphatic rings. The second-order valence-electron chi connectivity index (χ2n) is 8.89. The summed E-state index contributed by atoms with van der Waals surface area (Å²) in [7, 11) is -9.35. The number of hydrazine groups is 1. The first-order valence-electron chi connectivity index (χ1n) is 12.8. The van der Waals surface area contributed by atoms with Gasteiger partial charge in [0.1, 0.15) is 0 Å². The second kappa shape index (κ2) is 16.4. The summed E-state index contributed by atoms with van der Waals surface area (Å²) in [5, 5.41) is 0. The molecule has 4 amide bonds. The Hall–Kier alpha value is -2.34. The van der Waals surface area contributed by atoms with E-state index in [2.05, 4.69) is 6.92 Å². The molecule has 206 valence electrons. The predicted octanol–water partition coefficient (Wildman–Crippen LogP) is 4.86. The van der Waals surface area contributed by atoms with E-state index in [1.807, 2.05) is 0 Å². The highest BCUT2D eigenvalue weighted by atomic mass is 32.2. The Balaban J connectivity index is 2.52. The fourth-order valence-corrected chi connectivity index (χ4v) is 7.01. The van der Waals surface area contributed by atoms with Crippen LogP contribution in [0.1, 0.15) is 96.8 Å². The Morgan fingerprint density at radius 1 is 0.639 bits per heavy atom. The van der Waals surface area contributed by atoms with Gasteiger partial charge in [-0.25, -0.2) is 18.0 Å². The van der Waals surface area contributed by atoms with Crippen molar-refractivity contribution in [3.05, 3.63) is 30.3 Å². The van der Waals surface area contributed by atoms with E-state index in [1.54, 1.807) is 0 Å². The molecule has 1 aromatic rings. The smallest absolute Gasteiger partial charge is 0.349 e.